The Labute approximate surface area is 210 Å². The number of hydrogen-bond donors (Lipinski definition) is 1. The average molecular weight is 492 g/mol. The topological polar surface area (TPSA) is 51.2 Å². The van der Waals surface area contributed by atoms with Crippen LogP contribution in [0.25, 0.3) is 21.3 Å². The summed E-state index contributed by atoms with van der Waals surface area (Å²) in [6, 6.07) is 15.9. The lowest BCUT2D eigenvalue weighted by molar-refractivity contribution is -0.0000148. The summed E-state index contributed by atoms with van der Waals surface area (Å²) in [6.45, 7) is 6.27. The summed E-state index contributed by atoms with van der Waals surface area (Å²) in [4.78, 5) is 21.1. The molecule has 2 aromatic carbocycles. The molecule has 0 spiro atoms. The number of pyridine rings is 1. The molecule has 176 valence electrons. The molecular formula is C28H28ClN2O2S-. The molecule has 5 rings (SSSR count). The van der Waals surface area contributed by atoms with Crippen molar-refractivity contribution in [2.45, 2.75) is 40.0 Å². The molecule has 4 aromatic rings. The van der Waals surface area contributed by atoms with Crippen molar-refractivity contribution >= 4 is 33.1 Å². The molecule has 0 fully saturated rings. The average Bonchev–Trinajstić information content (AvgIpc) is 3.16. The number of nitrogens with one attached hydrogen (secondary N) is 1. The fourth-order valence-electron chi connectivity index (χ4n) is 4.81. The van der Waals surface area contributed by atoms with E-state index in [1.165, 1.54) is 16.9 Å². The summed E-state index contributed by atoms with van der Waals surface area (Å²) in [5.74, 6) is 1.36. The van der Waals surface area contributed by atoms with E-state index in [9.17, 15) is 4.79 Å². The molecule has 1 N–H and O–H groups in total. The lowest BCUT2D eigenvalue weighted by atomic mass is 9.86. The number of nitrogens with zero attached hydrogens (tertiary/aromatic N) is 1. The van der Waals surface area contributed by atoms with E-state index >= 15 is 0 Å². The molecule has 0 radical (unpaired) electrons. The van der Waals surface area contributed by atoms with Gasteiger partial charge in [-0.05, 0) is 73.9 Å². The number of amides is 1. The molecule has 6 heteroatoms. The van der Waals surface area contributed by atoms with E-state index in [1.54, 1.807) is 18.4 Å². The summed E-state index contributed by atoms with van der Waals surface area (Å²) in [6.07, 6.45) is 3.28. The van der Waals surface area contributed by atoms with Gasteiger partial charge in [-0.15, -0.1) is 11.3 Å². The monoisotopic (exact) mass is 491 g/mol. The van der Waals surface area contributed by atoms with Gasteiger partial charge in [0.2, 0.25) is 0 Å². The number of rotatable bonds is 4. The third-order valence-electron chi connectivity index (χ3n) is 6.62. The highest BCUT2D eigenvalue weighted by molar-refractivity contribution is 7.19. The van der Waals surface area contributed by atoms with Gasteiger partial charge in [0.05, 0.1) is 18.4 Å². The molecule has 0 saturated heterocycles. The first-order valence-corrected chi connectivity index (χ1v) is 12.2. The number of thiophene rings is 1. The molecule has 4 nitrogen and oxygen atoms in total. The van der Waals surface area contributed by atoms with E-state index < -0.39 is 0 Å². The second kappa shape index (κ2) is 9.77. The normalized spacial score (nSPS) is 14.9. The number of carbonyl (C=O) groups excluding carboxylic acids is 1. The molecule has 34 heavy (non-hydrogen) atoms. The van der Waals surface area contributed by atoms with Gasteiger partial charge in [0.1, 0.15) is 10.6 Å². The van der Waals surface area contributed by atoms with Crippen molar-refractivity contribution in [1.29, 1.82) is 0 Å². The summed E-state index contributed by atoms with van der Waals surface area (Å²) in [7, 11) is 1.67. The number of methoxy groups -OCH3 is 1. The zero-order valence-corrected chi connectivity index (χ0v) is 21.4. The minimum Gasteiger partial charge on any atom is -1.00 e. The van der Waals surface area contributed by atoms with Crippen molar-refractivity contribution < 1.29 is 21.9 Å². The first-order valence-electron chi connectivity index (χ1n) is 11.4. The van der Waals surface area contributed by atoms with Crippen LogP contribution in [0.2, 0.25) is 0 Å². The highest BCUT2D eigenvalue weighted by atomic mass is 35.5. The van der Waals surface area contributed by atoms with Gasteiger partial charge in [-0.2, -0.15) is 0 Å². The van der Waals surface area contributed by atoms with Crippen LogP contribution in [0, 0.1) is 19.8 Å². The quantitative estimate of drug-likeness (QED) is 0.470. The molecule has 1 unspecified atom stereocenters. The fourth-order valence-corrected chi connectivity index (χ4v) is 6.25. The largest absolute Gasteiger partial charge is 1.00 e. The number of aromatic nitrogens is 1. The van der Waals surface area contributed by atoms with Gasteiger partial charge in [0.15, 0.2) is 0 Å². The number of aryl methyl sites for hydroxylation is 3. The SMILES string of the molecule is COc1ccc(-c2c(C(=O)Nc3ccccc3C)c(C)nc3sc4c(c23)CCC(C)C4)cc1.[Cl-]. The Morgan fingerprint density at radius 1 is 1.12 bits per heavy atom. The van der Waals surface area contributed by atoms with Gasteiger partial charge in [0.25, 0.3) is 5.91 Å². The van der Waals surface area contributed by atoms with Crippen molar-refractivity contribution in [3.63, 3.8) is 0 Å². The van der Waals surface area contributed by atoms with Crippen molar-refractivity contribution in [2.75, 3.05) is 12.4 Å². The maximum atomic E-state index is 13.7. The molecule has 1 amide bonds. The van der Waals surface area contributed by atoms with Crippen LogP contribution in [-0.4, -0.2) is 18.0 Å². The second-order valence-electron chi connectivity index (χ2n) is 8.98. The number of ether oxygens (including phenoxy) is 1. The van der Waals surface area contributed by atoms with E-state index in [4.69, 9.17) is 9.72 Å². The Morgan fingerprint density at radius 2 is 1.85 bits per heavy atom. The number of halogens is 1. The zero-order valence-electron chi connectivity index (χ0n) is 19.9. The van der Waals surface area contributed by atoms with Gasteiger partial charge in [0, 0.05) is 21.5 Å². The standard InChI is InChI=1S/C28H28N2O2S.ClH/c1-16-9-14-21-23(15-16)33-28-26(21)25(19-10-12-20(32-4)13-11-19)24(18(3)29-28)27(31)30-22-8-6-5-7-17(22)2;/h5-8,10-13,16H,9,14-15H2,1-4H3,(H,30,31);1H/p-1. The van der Waals surface area contributed by atoms with Crippen LogP contribution in [0.4, 0.5) is 5.69 Å². The number of carbonyl (C=O) groups is 1. The summed E-state index contributed by atoms with van der Waals surface area (Å²) in [5, 5.41) is 4.29. The minimum atomic E-state index is -0.119. The first kappa shape index (κ1) is 24.2. The van der Waals surface area contributed by atoms with E-state index in [-0.39, 0.29) is 18.3 Å². The minimum absolute atomic E-state index is 0. The van der Waals surface area contributed by atoms with E-state index in [2.05, 4.69) is 12.2 Å². The lowest BCUT2D eigenvalue weighted by Gasteiger charge is -2.20. The van der Waals surface area contributed by atoms with Gasteiger partial charge in [-0.1, -0.05) is 37.3 Å². The van der Waals surface area contributed by atoms with E-state index in [0.717, 1.165) is 56.9 Å². The molecule has 2 heterocycles. The summed E-state index contributed by atoms with van der Waals surface area (Å²) >= 11 is 1.79. The van der Waals surface area contributed by atoms with Crippen molar-refractivity contribution in [2.24, 2.45) is 5.92 Å². The molecule has 1 aliphatic carbocycles. The Kier molecular flexibility index (Phi) is 6.96. The Hall–Kier alpha value is -2.89. The molecule has 0 saturated carbocycles. The lowest BCUT2D eigenvalue weighted by Crippen LogP contribution is -3.00. The van der Waals surface area contributed by atoms with Gasteiger partial charge in [-0.25, -0.2) is 4.98 Å². The summed E-state index contributed by atoms with van der Waals surface area (Å²) < 4.78 is 5.38. The Morgan fingerprint density at radius 3 is 2.56 bits per heavy atom. The van der Waals surface area contributed by atoms with Crippen LogP contribution >= 0.6 is 11.3 Å². The van der Waals surface area contributed by atoms with Crippen LogP contribution in [0.3, 0.4) is 0 Å². The molecule has 0 bridgehead atoms. The Balaban J connectivity index is 0.00000274. The number of anilines is 1. The maximum absolute atomic E-state index is 13.7. The number of para-hydroxylation sites is 1. The van der Waals surface area contributed by atoms with Crippen molar-refractivity contribution in [3.8, 4) is 16.9 Å². The predicted molar refractivity (Wildman–Crippen MR) is 137 cm³/mol. The molecule has 0 aliphatic heterocycles. The van der Waals surface area contributed by atoms with Crippen molar-refractivity contribution in [3.05, 3.63) is 75.8 Å². The molecule has 1 aliphatic rings. The van der Waals surface area contributed by atoms with Crippen LogP contribution in [0.15, 0.2) is 48.5 Å². The van der Waals surface area contributed by atoms with Crippen LogP contribution < -0.4 is 22.5 Å². The van der Waals surface area contributed by atoms with Gasteiger partial charge in [-0.3, -0.25) is 4.79 Å². The van der Waals surface area contributed by atoms with Crippen LogP contribution in [0.1, 0.15) is 45.4 Å². The number of hydrogen-bond acceptors (Lipinski definition) is 4. The Bertz CT molecular complexity index is 1360. The van der Waals surface area contributed by atoms with Crippen LogP contribution in [0.5, 0.6) is 5.75 Å². The van der Waals surface area contributed by atoms with Gasteiger partial charge >= 0.3 is 0 Å². The third-order valence-corrected chi connectivity index (χ3v) is 7.77. The summed E-state index contributed by atoms with van der Waals surface area (Å²) in [5.41, 5.74) is 6.63. The smallest absolute Gasteiger partial charge is 0.258 e. The highest BCUT2D eigenvalue weighted by Gasteiger charge is 2.28. The zero-order chi connectivity index (χ0) is 23.1. The van der Waals surface area contributed by atoms with Gasteiger partial charge < -0.3 is 22.5 Å². The fraction of sp³-hybridized carbons (Fsp3) is 0.286. The molecular weight excluding hydrogens is 464 g/mol. The van der Waals surface area contributed by atoms with E-state index in [0.29, 0.717) is 11.5 Å². The predicted octanol–water partition coefficient (Wildman–Crippen LogP) is 3.97. The number of fused-ring (bicyclic) bond motifs is 3. The first-order chi connectivity index (χ1) is 16.0. The second-order valence-corrected chi connectivity index (χ2v) is 10.1. The van der Waals surface area contributed by atoms with Crippen LogP contribution in [-0.2, 0) is 12.8 Å². The number of benzene rings is 2. The molecule has 2 aromatic heterocycles. The molecule has 1 atom stereocenters. The van der Waals surface area contributed by atoms with E-state index in [1.807, 2.05) is 62.4 Å². The highest BCUT2D eigenvalue weighted by Crippen LogP contribution is 2.44. The third kappa shape index (κ3) is 4.30. The van der Waals surface area contributed by atoms with Crippen molar-refractivity contribution in [1.82, 2.24) is 4.98 Å². The maximum Gasteiger partial charge on any atom is 0.258 e.